The molecule has 178 valence electrons. The Kier molecular flexibility index (Phi) is 4.86. The first-order valence-corrected chi connectivity index (χ1v) is 13.2. The molecule has 34 heavy (non-hydrogen) atoms. The summed E-state index contributed by atoms with van der Waals surface area (Å²) in [5.74, 6) is 2.78. The summed E-state index contributed by atoms with van der Waals surface area (Å²) in [5, 5.41) is 0. The lowest BCUT2D eigenvalue weighted by Gasteiger charge is -2.65. The standard InChI is InChI=1S/C30H35NO3/c1-2-17-33-30-14-6-9-26-29(30)15-16-31(19-21-10-11-21)25(30)18-23-12-13-24(28(34-26)27(23)29)32-20-22-7-4-3-5-8-22/h2-5,7-8,12-13,21,25-26H,1,6,9-11,14-20H2/t25-,26?,29-,30-/m1/s1. The second-order valence-corrected chi connectivity index (χ2v) is 11.1. The first-order valence-electron chi connectivity index (χ1n) is 13.2. The van der Waals surface area contributed by atoms with E-state index in [4.69, 9.17) is 14.2 Å². The number of hydrogen-bond acceptors (Lipinski definition) is 4. The fourth-order valence-corrected chi connectivity index (χ4v) is 7.79. The smallest absolute Gasteiger partial charge is 0.165 e. The molecular weight excluding hydrogens is 422 g/mol. The van der Waals surface area contributed by atoms with E-state index < -0.39 is 0 Å². The predicted octanol–water partition coefficient (Wildman–Crippen LogP) is 5.43. The van der Waals surface area contributed by atoms with Crippen LogP contribution in [-0.4, -0.2) is 42.3 Å². The maximum Gasteiger partial charge on any atom is 0.165 e. The Balaban J connectivity index is 1.32. The molecular formula is C30H35NO3. The Morgan fingerprint density at radius 2 is 1.97 bits per heavy atom. The summed E-state index contributed by atoms with van der Waals surface area (Å²) in [6.07, 6.45) is 10.4. The molecule has 4 heteroatoms. The summed E-state index contributed by atoms with van der Waals surface area (Å²) < 4.78 is 20.2. The van der Waals surface area contributed by atoms with E-state index in [9.17, 15) is 0 Å². The molecule has 4 nitrogen and oxygen atoms in total. The third-order valence-corrected chi connectivity index (χ3v) is 9.30. The van der Waals surface area contributed by atoms with Crippen LogP contribution < -0.4 is 9.47 Å². The van der Waals surface area contributed by atoms with Crippen LogP contribution in [0.5, 0.6) is 11.5 Å². The van der Waals surface area contributed by atoms with E-state index in [0.717, 1.165) is 56.1 Å². The van der Waals surface area contributed by atoms with E-state index in [1.807, 2.05) is 12.1 Å². The highest BCUT2D eigenvalue weighted by Gasteiger charge is 2.72. The lowest BCUT2D eigenvalue weighted by Crippen LogP contribution is -2.76. The van der Waals surface area contributed by atoms with Gasteiger partial charge in [0, 0.05) is 18.2 Å². The molecule has 2 heterocycles. The Morgan fingerprint density at radius 3 is 2.79 bits per heavy atom. The Bertz CT molecular complexity index is 1100. The molecule has 0 amide bonds. The van der Waals surface area contributed by atoms with Gasteiger partial charge < -0.3 is 14.2 Å². The van der Waals surface area contributed by atoms with Crippen LogP contribution in [0, 0.1) is 5.92 Å². The summed E-state index contributed by atoms with van der Waals surface area (Å²) in [6.45, 7) is 7.54. The predicted molar refractivity (Wildman–Crippen MR) is 132 cm³/mol. The SMILES string of the molecule is C=CCO[C@@]12CCCC3Oc4c(OCc5ccccc5)ccc5c4[C@@]31CCN(CC1CC1)[C@@H]2C5. The highest BCUT2D eigenvalue weighted by molar-refractivity contribution is 5.62. The molecule has 3 fully saturated rings. The molecule has 2 aliphatic heterocycles. The molecule has 5 aliphatic rings. The molecule has 2 aromatic carbocycles. The van der Waals surface area contributed by atoms with Gasteiger partial charge in [0.15, 0.2) is 11.5 Å². The number of ether oxygens (including phenoxy) is 3. The van der Waals surface area contributed by atoms with Crippen molar-refractivity contribution in [2.45, 2.75) is 74.7 Å². The van der Waals surface area contributed by atoms with Gasteiger partial charge in [0.2, 0.25) is 0 Å². The van der Waals surface area contributed by atoms with E-state index in [0.29, 0.717) is 19.3 Å². The summed E-state index contributed by atoms with van der Waals surface area (Å²) >= 11 is 0. The minimum absolute atomic E-state index is 0.0754. The number of nitrogens with zero attached hydrogens (tertiary/aromatic N) is 1. The number of benzene rings is 2. The topological polar surface area (TPSA) is 30.9 Å². The molecule has 1 spiro atoms. The monoisotopic (exact) mass is 457 g/mol. The van der Waals surface area contributed by atoms with Gasteiger partial charge in [-0.1, -0.05) is 42.5 Å². The highest BCUT2D eigenvalue weighted by atomic mass is 16.5. The van der Waals surface area contributed by atoms with Gasteiger partial charge in [-0.2, -0.15) is 0 Å². The van der Waals surface area contributed by atoms with E-state index in [2.05, 4.69) is 47.9 Å². The zero-order valence-corrected chi connectivity index (χ0v) is 20.0. The first-order chi connectivity index (χ1) is 16.7. The van der Waals surface area contributed by atoms with Crippen molar-refractivity contribution >= 4 is 0 Å². The molecule has 7 rings (SSSR count). The van der Waals surface area contributed by atoms with Crippen LogP contribution in [0.2, 0.25) is 0 Å². The van der Waals surface area contributed by atoms with Gasteiger partial charge in [0.1, 0.15) is 12.7 Å². The van der Waals surface area contributed by atoms with Crippen molar-refractivity contribution < 1.29 is 14.2 Å². The summed E-state index contributed by atoms with van der Waals surface area (Å²) in [5.41, 5.74) is 3.77. The van der Waals surface area contributed by atoms with Gasteiger partial charge in [0.05, 0.1) is 17.6 Å². The highest BCUT2D eigenvalue weighted by Crippen LogP contribution is 2.66. The molecule has 3 aliphatic carbocycles. The second kappa shape index (κ2) is 7.86. The van der Waals surface area contributed by atoms with Crippen molar-refractivity contribution in [3.63, 3.8) is 0 Å². The molecule has 1 saturated heterocycles. The largest absolute Gasteiger partial charge is 0.485 e. The van der Waals surface area contributed by atoms with Crippen LogP contribution in [-0.2, 0) is 23.2 Å². The van der Waals surface area contributed by atoms with Crippen molar-refractivity contribution in [2.75, 3.05) is 19.7 Å². The van der Waals surface area contributed by atoms with Crippen LogP contribution in [0.3, 0.4) is 0 Å². The van der Waals surface area contributed by atoms with E-state index in [-0.39, 0.29) is 17.1 Å². The Labute approximate surface area is 202 Å². The minimum Gasteiger partial charge on any atom is -0.485 e. The molecule has 0 N–H and O–H groups in total. The quantitative estimate of drug-likeness (QED) is 0.495. The third-order valence-electron chi connectivity index (χ3n) is 9.30. The number of hydrogen-bond donors (Lipinski definition) is 0. The van der Waals surface area contributed by atoms with Crippen molar-refractivity contribution in [1.29, 1.82) is 0 Å². The summed E-state index contributed by atoms with van der Waals surface area (Å²) in [6, 6.07) is 15.3. The second-order valence-electron chi connectivity index (χ2n) is 11.1. The Hall–Kier alpha value is -2.30. The van der Waals surface area contributed by atoms with E-state index in [1.165, 1.54) is 36.1 Å². The van der Waals surface area contributed by atoms with Gasteiger partial charge >= 0.3 is 0 Å². The van der Waals surface area contributed by atoms with Gasteiger partial charge in [-0.25, -0.2) is 0 Å². The lowest BCUT2D eigenvalue weighted by molar-refractivity contribution is -0.210. The molecule has 4 atom stereocenters. The zero-order chi connectivity index (χ0) is 22.8. The van der Waals surface area contributed by atoms with Gasteiger partial charge in [0.25, 0.3) is 0 Å². The van der Waals surface area contributed by atoms with E-state index >= 15 is 0 Å². The number of piperidine rings is 1. The molecule has 1 unspecified atom stereocenters. The Morgan fingerprint density at radius 1 is 1.09 bits per heavy atom. The van der Waals surface area contributed by atoms with Crippen molar-refractivity contribution in [1.82, 2.24) is 4.90 Å². The average Bonchev–Trinajstić information content (AvgIpc) is 3.62. The fourth-order valence-electron chi connectivity index (χ4n) is 7.79. The van der Waals surface area contributed by atoms with Crippen LogP contribution in [0.25, 0.3) is 0 Å². The maximum absolute atomic E-state index is 6.96. The first kappa shape index (κ1) is 21.0. The maximum atomic E-state index is 6.96. The summed E-state index contributed by atoms with van der Waals surface area (Å²) in [7, 11) is 0. The van der Waals surface area contributed by atoms with Crippen LogP contribution in [0.1, 0.15) is 55.2 Å². The molecule has 2 bridgehead atoms. The van der Waals surface area contributed by atoms with Crippen LogP contribution in [0.4, 0.5) is 0 Å². The molecule has 2 aromatic rings. The molecule has 0 radical (unpaired) electrons. The lowest BCUT2D eigenvalue weighted by atomic mass is 9.49. The van der Waals surface area contributed by atoms with Crippen LogP contribution in [0.15, 0.2) is 55.1 Å². The van der Waals surface area contributed by atoms with Crippen LogP contribution >= 0.6 is 0 Å². The summed E-state index contributed by atoms with van der Waals surface area (Å²) in [4.78, 5) is 2.79. The zero-order valence-electron chi connectivity index (χ0n) is 20.0. The molecule has 2 saturated carbocycles. The van der Waals surface area contributed by atoms with Crippen molar-refractivity contribution in [2.24, 2.45) is 5.92 Å². The number of rotatable bonds is 8. The van der Waals surface area contributed by atoms with Crippen molar-refractivity contribution in [3.05, 3.63) is 71.8 Å². The van der Waals surface area contributed by atoms with E-state index in [1.54, 1.807) is 0 Å². The fraction of sp³-hybridized carbons (Fsp3) is 0.533. The van der Waals surface area contributed by atoms with Gasteiger partial charge in [-0.15, -0.1) is 6.58 Å². The normalized spacial score (nSPS) is 33.2. The molecule has 0 aromatic heterocycles. The number of likely N-dealkylation sites (tertiary alicyclic amines) is 1. The van der Waals surface area contributed by atoms with Crippen molar-refractivity contribution in [3.8, 4) is 11.5 Å². The van der Waals surface area contributed by atoms with Gasteiger partial charge in [-0.05, 0) is 74.6 Å². The average molecular weight is 458 g/mol. The van der Waals surface area contributed by atoms with Gasteiger partial charge in [-0.3, -0.25) is 4.90 Å². The minimum atomic E-state index is -0.201. The third kappa shape index (κ3) is 2.91.